The maximum absolute atomic E-state index is 15.2. The van der Waals surface area contributed by atoms with Crippen LogP contribution in [0, 0.1) is 35.4 Å². The van der Waals surface area contributed by atoms with E-state index in [2.05, 4.69) is 38.3 Å². The first-order valence-corrected chi connectivity index (χ1v) is 19.0. The van der Waals surface area contributed by atoms with Gasteiger partial charge in [0.2, 0.25) is 5.91 Å². The fourth-order valence-corrected chi connectivity index (χ4v) is 9.82. The van der Waals surface area contributed by atoms with Gasteiger partial charge in [0.15, 0.2) is 0 Å². The topological polar surface area (TPSA) is 122 Å². The summed E-state index contributed by atoms with van der Waals surface area (Å²) in [6.45, 7) is 10.3. The number of aromatic nitrogens is 3. The molecule has 2 bridgehead atoms. The quantitative estimate of drug-likeness (QED) is 0.264. The Hall–Kier alpha value is -4.95. The van der Waals surface area contributed by atoms with Crippen LogP contribution >= 0.6 is 0 Å². The van der Waals surface area contributed by atoms with Crippen molar-refractivity contribution in [2.45, 2.75) is 94.5 Å². The van der Waals surface area contributed by atoms with Gasteiger partial charge in [-0.2, -0.15) is 15.2 Å². The number of hydrogen-bond donors (Lipinski definition) is 1. The number of terminal acetylenes is 1. The SMILES string of the molecule is C#Cc1c(F)ccc2c1[C@@H](N1CCc3c(nc(OC[C@]4(C)C[C@@H](F)CN4Cc4ccncc4)nc3N3C[C@H]4CC(C#N)[C@@H](C3)N4C(=O)C=C)C1)C[C@](C)(O)C2. The molecule has 1 aliphatic carbocycles. The molecule has 0 saturated carbocycles. The van der Waals surface area contributed by atoms with Crippen molar-refractivity contribution in [3.63, 3.8) is 0 Å². The molecular weight excluding hydrogens is 703 g/mol. The third-order valence-electron chi connectivity index (χ3n) is 12.4. The summed E-state index contributed by atoms with van der Waals surface area (Å²) in [4.78, 5) is 35.3. The Labute approximate surface area is 320 Å². The van der Waals surface area contributed by atoms with Gasteiger partial charge >= 0.3 is 6.01 Å². The molecule has 1 N–H and O–H groups in total. The van der Waals surface area contributed by atoms with E-state index in [0.717, 1.165) is 27.9 Å². The van der Waals surface area contributed by atoms with Crippen molar-refractivity contribution in [2.75, 3.05) is 37.7 Å². The summed E-state index contributed by atoms with van der Waals surface area (Å²) in [7, 11) is 0. The third kappa shape index (κ3) is 6.83. The molecule has 7 atom stereocenters. The minimum absolute atomic E-state index is 0.146. The molecule has 286 valence electrons. The van der Waals surface area contributed by atoms with Crippen molar-refractivity contribution in [1.82, 2.24) is 29.7 Å². The average molecular weight is 749 g/mol. The maximum Gasteiger partial charge on any atom is 0.318 e. The van der Waals surface area contributed by atoms with E-state index < -0.39 is 23.1 Å². The van der Waals surface area contributed by atoms with Crippen LogP contribution in [0.15, 0.2) is 49.3 Å². The zero-order valence-electron chi connectivity index (χ0n) is 31.3. The smallest absolute Gasteiger partial charge is 0.318 e. The number of likely N-dealkylation sites (tertiary alicyclic amines) is 1. The zero-order chi connectivity index (χ0) is 38.6. The second-order valence-electron chi connectivity index (χ2n) is 16.4. The summed E-state index contributed by atoms with van der Waals surface area (Å²) < 4.78 is 36.7. The van der Waals surface area contributed by atoms with Crippen molar-refractivity contribution in [3.8, 4) is 24.4 Å². The number of nitriles is 1. The number of pyridine rings is 1. The summed E-state index contributed by atoms with van der Waals surface area (Å²) in [6, 6.07) is 8.64. The molecule has 0 spiro atoms. The third-order valence-corrected chi connectivity index (χ3v) is 12.4. The molecule has 4 aliphatic heterocycles. The Bertz CT molecular complexity index is 2080. The second kappa shape index (κ2) is 14.3. The number of hydrogen-bond acceptors (Lipinski definition) is 10. The van der Waals surface area contributed by atoms with E-state index >= 15 is 8.78 Å². The van der Waals surface area contributed by atoms with Crippen LogP contribution in [0.1, 0.15) is 72.7 Å². The number of carbonyl (C=O) groups excluding carboxylic acids is 1. The van der Waals surface area contributed by atoms with Crippen molar-refractivity contribution in [1.29, 1.82) is 5.26 Å². The number of amides is 1. The zero-order valence-corrected chi connectivity index (χ0v) is 31.3. The van der Waals surface area contributed by atoms with Gasteiger partial charge in [0, 0.05) is 76.1 Å². The number of carbonyl (C=O) groups is 1. The molecule has 0 radical (unpaired) electrons. The van der Waals surface area contributed by atoms with Crippen LogP contribution in [0.5, 0.6) is 6.01 Å². The number of benzene rings is 1. The first-order valence-electron chi connectivity index (χ1n) is 19.0. The second-order valence-corrected chi connectivity index (χ2v) is 16.4. The lowest BCUT2D eigenvalue weighted by atomic mass is 9.75. The van der Waals surface area contributed by atoms with Crippen LogP contribution in [0.25, 0.3) is 0 Å². The van der Waals surface area contributed by atoms with Crippen LogP contribution < -0.4 is 9.64 Å². The maximum atomic E-state index is 15.2. The van der Waals surface area contributed by atoms with Crippen molar-refractivity contribution < 1.29 is 23.4 Å². The standard InChI is InChI=1S/C42H46F2N8O3/c1-5-31-33(44)8-7-27-16-42(4,54)18-35(38(27)31)49-14-11-32-34(23-49)47-40(55-25-41(3)17-29(43)21-51(41)20-26-9-12-46-13-10-26)48-39(32)50-22-30-15-28(19-45)36(24-50)52(30)37(53)6-2/h1,6-10,12-13,28-30,35-36,54H,2,11,14-18,20-25H2,3-4H3/t28?,29-,30-,35+,36-,41+,42-/m1/s1. The van der Waals surface area contributed by atoms with E-state index in [-0.39, 0.29) is 61.1 Å². The van der Waals surface area contributed by atoms with Gasteiger partial charge in [-0.1, -0.05) is 18.6 Å². The van der Waals surface area contributed by atoms with Crippen molar-refractivity contribution in [3.05, 3.63) is 88.6 Å². The number of ether oxygens (including phenoxy) is 1. The van der Waals surface area contributed by atoms with E-state index in [1.807, 2.05) is 19.1 Å². The van der Waals surface area contributed by atoms with Gasteiger partial charge in [-0.15, -0.1) is 6.42 Å². The van der Waals surface area contributed by atoms with Crippen LogP contribution in [-0.4, -0.2) is 103 Å². The fourth-order valence-electron chi connectivity index (χ4n) is 9.82. The van der Waals surface area contributed by atoms with E-state index in [1.165, 1.54) is 12.1 Å². The number of anilines is 1. The van der Waals surface area contributed by atoms with E-state index in [4.69, 9.17) is 21.1 Å². The van der Waals surface area contributed by atoms with E-state index in [1.54, 1.807) is 30.3 Å². The predicted octanol–water partition coefficient (Wildman–Crippen LogP) is 4.29. The molecule has 5 aliphatic rings. The molecule has 2 aromatic heterocycles. The highest BCUT2D eigenvalue weighted by Crippen LogP contribution is 2.45. The number of piperazine rings is 1. The van der Waals surface area contributed by atoms with Gasteiger partial charge < -0.3 is 19.6 Å². The van der Waals surface area contributed by atoms with Gasteiger partial charge in [-0.05, 0) is 74.1 Å². The largest absolute Gasteiger partial charge is 0.461 e. The molecule has 3 fully saturated rings. The molecule has 3 saturated heterocycles. The first-order chi connectivity index (χ1) is 26.4. The van der Waals surface area contributed by atoms with Gasteiger partial charge in [-0.25, -0.2) is 8.78 Å². The minimum Gasteiger partial charge on any atom is -0.461 e. The molecule has 8 rings (SSSR count). The Kier molecular flexibility index (Phi) is 9.61. The van der Waals surface area contributed by atoms with Gasteiger partial charge in [0.1, 0.15) is 24.4 Å². The minimum atomic E-state index is -1.03. The highest BCUT2D eigenvalue weighted by molar-refractivity contribution is 5.88. The summed E-state index contributed by atoms with van der Waals surface area (Å²) in [5, 5.41) is 21.5. The van der Waals surface area contributed by atoms with Gasteiger partial charge in [0.05, 0.1) is 46.5 Å². The number of halogens is 2. The Morgan fingerprint density at radius 2 is 1.98 bits per heavy atom. The van der Waals surface area contributed by atoms with Crippen molar-refractivity contribution in [2.24, 2.45) is 5.92 Å². The van der Waals surface area contributed by atoms with Gasteiger partial charge in [-0.3, -0.25) is 19.6 Å². The van der Waals surface area contributed by atoms with Crippen molar-refractivity contribution >= 4 is 11.7 Å². The average Bonchev–Trinajstić information content (AvgIpc) is 3.58. The molecule has 1 amide bonds. The first kappa shape index (κ1) is 37.0. The molecule has 3 aromatic rings. The van der Waals surface area contributed by atoms with E-state index in [9.17, 15) is 15.2 Å². The fraction of sp³-hybridized carbons (Fsp3) is 0.500. The number of alkyl halides is 1. The summed E-state index contributed by atoms with van der Waals surface area (Å²) in [6.07, 6.45) is 11.8. The summed E-state index contributed by atoms with van der Waals surface area (Å²) in [5.74, 6) is 2.31. The lowest BCUT2D eigenvalue weighted by Crippen LogP contribution is -2.57. The molecule has 11 nitrogen and oxygen atoms in total. The van der Waals surface area contributed by atoms with Crippen LogP contribution in [0.2, 0.25) is 0 Å². The molecule has 13 heteroatoms. The summed E-state index contributed by atoms with van der Waals surface area (Å²) in [5.41, 5.74) is 2.81. The Balaban J connectivity index is 1.14. The number of nitrogens with zero attached hydrogens (tertiary/aromatic N) is 8. The molecule has 1 aromatic carbocycles. The summed E-state index contributed by atoms with van der Waals surface area (Å²) >= 11 is 0. The number of aliphatic hydroxyl groups is 1. The Morgan fingerprint density at radius 1 is 1.18 bits per heavy atom. The molecule has 55 heavy (non-hydrogen) atoms. The Morgan fingerprint density at radius 3 is 2.73 bits per heavy atom. The number of rotatable bonds is 8. The van der Waals surface area contributed by atoms with Crippen LogP contribution in [-0.2, 0) is 30.7 Å². The highest BCUT2D eigenvalue weighted by Gasteiger charge is 2.49. The number of fused-ring (bicyclic) bond motifs is 4. The normalized spacial score (nSPS) is 30.3. The highest BCUT2D eigenvalue weighted by atomic mass is 19.1. The lowest BCUT2D eigenvalue weighted by molar-refractivity contribution is -0.129. The van der Waals surface area contributed by atoms with Crippen LogP contribution in [0.3, 0.4) is 0 Å². The monoisotopic (exact) mass is 748 g/mol. The molecule has 1 unspecified atom stereocenters. The lowest BCUT2D eigenvalue weighted by Gasteiger charge is -2.45. The predicted molar refractivity (Wildman–Crippen MR) is 201 cm³/mol. The van der Waals surface area contributed by atoms with Gasteiger partial charge in [0.25, 0.3) is 0 Å². The molecular formula is C42H46F2N8O3. The van der Waals surface area contributed by atoms with Crippen LogP contribution in [0.4, 0.5) is 14.6 Å². The molecule has 6 heterocycles. The van der Waals surface area contributed by atoms with E-state index in [0.29, 0.717) is 64.2 Å².